The number of hydrogen-bond acceptors (Lipinski definition) is 3. The summed E-state index contributed by atoms with van der Waals surface area (Å²) in [5, 5.41) is 3.99. The second-order valence-electron chi connectivity index (χ2n) is 5.36. The Bertz CT molecular complexity index is 572. The van der Waals surface area contributed by atoms with Gasteiger partial charge in [-0.15, -0.1) is 0 Å². The minimum absolute atomic E-state index is 0.0169. The maximum atomic E-state index is 12.1. The van der Waals surface area contributed by atoms with E-state index in [1.54, 1.807) is 6.26 Å². The topological polar surface area (TPSA) is 68.3 Å². The molecule has 2 aromatic rings. The lowest BCUT2D eigenvalue weighted by atomic mass is 9.88. The summed E-state index contributed by atoms with van der Waals surface area (Å²) in [5.74, 6) is 0.0169. The second-order valence-corrected chi connectivity index (χ2v) is 5.36. The van der Waals surface area contributed by atoms with E-state index >= 15 is 0 Å². The van der Waals surface area contributed by atoms with Gasteiger partial charge in [0.2, 0.25) is 5.91 Å². The van der Waals surface area contributed by atoms with Crippen molar-refractivity contribution in [1.82, 2.24) is 5.32 Å². The molecule has 0 aliphatic carbocycles. The Morgan fingerprint density at radius 2 is 2.11 bits per heavy atom. The molecule has 0 atom stereocenters. The van der Waals surface area contributed by atoms with Gasteiger partial charge in [-0.2, -0.15) is 0 Å². The van der Waals surface area contributed by atoms with Crippen molar-refractivity contribution in [1.29, 1.82) is 0 Å². The normalized spacial score (nSPS) is 11.7. The first kappa shape index (κ1) is 13.6. The van der Waals surface area contributed by atoms with Crippen molar-refractivity contribution in [3.05, 3.63) is 36.1 Å². The van der Waals surface area contributed by atoms with Gasteiger partial charge in [0, 0.05) is 22.9 Å². The average molecular weight is 260 g/mol. The molecule has 0 spiro atoms. The molecule has 0 unspecified atom stereocenters. The minimum Gasteiger partial charge on any atom is -0.464 e. The molecule has 19 heavy (non-hydrogen) atoms. The highest BCUT2D eigenvalue weighted by atomic mass is 16.3. The van der Waals surface area contributed by atoms with E-state index in [1.165, 1.54) is 0 Å². The van der Waals surface area contributed by atoms with Crippen molar-refractivity contribution >= 4 is 16.9 Å². The number of carbonyl (C=O) groups is 1. The number of fused-ring (bicyclic) bond motifs is 1. The quantitative estimate of drug-likeness (QED) is 0.867. The third kappa shape index (κ3) is 2.96. The second kappa shape index (κ2) is 5.45. The van der Waals surface area contributed by atoms with Crippen LogP contribution in [0.2, 0.25) is 0 Å². The molecule has 1 aromatic heterocycles. The van der Waals surface area contributed by atoms with Crippen LogP contribution in [-0.2, 0) is 11.3 Å². The summed E-state index contributed by atoms with van der Waals surface area (Å²) in [6.07, 6.45) is 2.37. The van der Waals surface area contributed by atoms with Crippen LogP contribution in [0, 0.1) is 5.41 Å². The predicted octanol–water partition coefficient (Wildman–Crippen LogP) is 2.42. The molecule has 0 aliphatic heterocycles. The summed E-state index contributed by atoms with van der Waals surface area (Å²) in [5.41, 5.74) is 6.92. The average Bonchev–Trinajstić information content (AvgIpc) is 2.79. The highest BCUT2D eigenvalue weighted by Gasteiger charge is 2.26. The van der Waals surface area contributed by atoms with Crippen molar-refractivity contribution in [2.75, 3.05) is 6.54 Å². The first-order chi connectivity index (χ1) is 9.04. The lowest BCUT2D eigenvalue weighted by molar-refractivity contribution is -0.129. The zero-order valence-electron chi connectivity index (χ0n) is 11.4. The van der Waals surface area contributed by atoms with Gasteiger partial charge in [-0.3, -0.25) is 4.79 Å². The van der Waals surface area contributed by atoms with Crippen molar-refractivity contribution in [2.24, 2.45) is 11.1 Å². The molecular weight excluding hydrogens is 240 g/mol. The Balaban J connectivity index is 2.05. The Kier molecular flexibility index (Phi) is 3.90. The molecule has 4 heteroatoms. The lowest BCUT2D eigenvalue weighted by Crippen LogP contribution is -2.37. The summed E-state index contributed by atoms with van der Waals surface area (Å²) in [7, 11) is 0. The van der Waals surface area contributed by atoms with Crippen LogP contribution in [-0.4, -0.2) is 12.5 Å². The SMILES string of the molecule is CC(C)(CCN)C(=O)NCc1coc2ccccc12. The number of carbonyl (C=O) groups excluding carboxylic acids is 1. The first-order valence-electron chi connectivity index (χ1n) is 6.48. The molecule has 0 radical (unpaired) electrons. The summed E-state index contributed by atoms with van der Waals surface area (Å²) in [6, 6.07) is 7.80. The fraction of sp³-hybridized carbons (Fsp3) is 0.400. The first-order valence-corrected chi connectivity index (χ1v) is 6.48. The van der Waals surface area contributed by atoms with Crippen molar-refractivity contribution < 1.29 is 9.21 Å². The summed E-state index contributed by atoms with van der Waals surface area (Å²) < 4.78 is 5.44. The van der Waals surface area contributed by atoms with E-state index in [0.717, 1.165) is 16.5 Å². The third-order valence-corrected chi connectivity index (χ3v) is 3.38. The number of furan rings is 1. The number of rotatable bonds is 5. The fourth-order valence-corrected chi connectivity index (χ4v) is 2.06. The summed E-state index contributed by atoms with van der Waals surface area (Å²) >= 11 is 0. The van der Waals surface area contributed by atoms with E-state index in [1.807, 2.05) is 38.1 Å². The molecule has 1 aromatic carbocycles. The number of hydrogen-bond donors (Lipinski definition) is 2. The molecule has 1 amide bonds. The number of para-hydroxylation sites is 1. The van der Waals surface area contributed by atoms with Gasteiger partial charge in [-0.25, -0.2) is 0 Å². The molecule has 2 rings (SSSR count). The fourth-order valence-electron chi connectivity index (χ4n) is 2.06. The Hall–Kier alpha value is -1.81. The van der Waals surface area contributed by atoms with E-state index < -0.39 is 5.41 Å². The van der Waals surface area contributed by atoms with Gasteiger partial charge < -0.3 is 15.5 Å². The number of nitrogens with two attached hydrogens (primary N) is 1. The molecule has 3 N–H and O–H groups in total. The maximum absolute atomic E-state index is 12.1. The highest BCUT2D eigenvalue weighted by Crippen LogP contribution is 2.22. The van der Waals surface area contributed by atoms with Gasteiger partial charge in [0.1, 0.15) is 5.58 Å². The van der Waals surface area contributed by atoms with Crippen LogP contribution in [0.4, 0.5) is 0 Å². The third-order valence-electron chi connectivity index (χ3n) is 3.38. The van der Waals surface area contributed by atoms with Crippen LogP contribution < -0.4 is 11.1 Å². The van der Waals surface area contributed by atoms with E-state index in [4.69, 9.17) is 10.2 Å². The van der Waals surface area contributed by atoms with Crippen LogP contribution >= 0.6 is 0 Å². The number of nitrogens with one attached hydrogen (secondary N) is 1. The van der Waals surface area contributed by atoms with E-state index in [2.05, 4.69) is 5.32 Å². The zero-order valence-corrected chi connectivity index (χ0v) is 11.4. The van der Waals surface area contributed by atoms with Gasteiger partial charge in [0.05, 0.1) is 6.26 Å². The molecule has 0 fully saturated rings. The van der Waals surface area contributed by atoms with Gasteiger partial charge in [-0.05, 0) is 19.0 Å². The molecule has 0 saturated heterocycles. The molecule has 0 bridgehead atoms. The standard InChI is InChI=1S/C15H20N2O2/c1-15(2,7-8-16)14(18)17-9-11-10-19-13-6-4-3-5-12(11)13/h3-6,10H,7-9,16H2,1-2H3,(H,17,18). The minimum atomic E-state index is -0.436. The van der Waals surface area contributed by atoms with E-state index in [-0.39, 0.29) is 5.91 Å². The maximum Gasteiger partial charge on any atom is 0.225 e. The van der Waals surface area contributed by atoms with Crippen LogP contribution in [0.25, 0.3) is 11.0 Å². The van der Waals surface area contributed by atoms with Crippen molar-refractivity contribution in [2.45, 2.75) is 26.8 Å². The Morgan fingerprint density at radius 3 is 2.84 bits per heavy atom. The number of benzene rings is 1. The molecular formula is C15H20N2O2. The summed E-state index contributed by atoms with van der Waals surface area (Å²) in [4.78, 5) is 12.1. The van der Waals surface area contributed by atoms with Crippen molar-refractivity contribution in [3.8, 4) is 0 Å². The van der Waals surface area contributed by atoms with E-state index in [0.29, 0.717) is 19.5 Å². The monoisotopic (exact) mass is 260 g/mol. The lowest BCUT2D eigenvalue weighted by Gasteiger charge is -2.22. The smallest absolute Gasteiger partial charge is 0.225 e. The van der Waals surface area contributed by atoms with Gasteiger partial charge in [0.25, 0.3) is 0 Å². The van der Waals surface area contributed by atoms with Gasteiger partial charge in [-0.1, -0.05) is 32.0 Å². The van der Waals surface area contributed by atoms with E-state index in [9.17, 15) is 4.79 Å². The Morgan fingerprint density at radius 1 is 1.37 bits per heavy atom. The molecule has 1 heterocycles. The van der Waals surface area contributed by atoms with Crippen molar-refractivity contribution in [3.63, 3.8) is 0 Å². The molecule has 0 saturated carbocycles. The van der Waals surface area contributed by atoms with Crippen LogP contribution in [0.1, 0.15) is 25.8 Å². The molecule has 0 aliphatic rings. The molecule has 102 valence electrons. The summed E-state index contributed by atoms with van der Waals surface area (Å²) in [6.45, 7) is 4.80. The Labute approximate surface area is 113 Å². The highest BCUT2D eigenvalue weighted by molar-refractivity contribution is 5.84. The number of amides is 1. The van der Waals surface area contributed by atoms with Gasteiger partial charge in [0.15, 0.2) is 0 Å². The van der Waals surface area contributed by atoms with Crippen LogP contribution in [0.15, 0.2) is 34.9 Å². The van der Waals surface area contributed by atoms with Crippen LogP contribution in [0.5, 0.6) is 0 Å². The predicted molar refractivity (Wildman–Crippen MR) is 75.5 cm³/mol. The molecule has 4 nitrogen and oxygen atoms in total. The largest absolute Gasteiger partial charge is 0.464 e. The van der Waals surface area contributed by atoms with Crippen LogP contribution in [0.3, 0.4) is 0 Å². The zero-order chi connectivity index (χ0) is 13.9. The van der Waals surface area contributed by atoms with Gasteiger partial charge >= 0.3 is 0 Å².